The molecule has 0 atom stereocenters. The highest BCUT2D eigenvalue weighted by Crippen LogP contribution is 2.19. The first-order valence-electron chi connectivity index (χ1n) is 6.03. The number of amides is 1. The summed E-state index contributed by atoms with van der Waals surface area (Å²) in [7, 11) is 0. The van der Waals surface area contributed by atoms with Gasteiger partial charge in [0.1, 0.15) is 6.54 Å². The second-order valence-electron chi connectivity index (χ2n) is 4.50. The number of hydrogen-bond acceptors (Lipinski definition) is 4. The van der Waals surface area contributed by atoms with Gasteiger partial charge in [-0.1, -0.05) is 11.3 Å². The lowest BCUT2D eigenvalue weighted by Gasteiger charge is -2.38. The van der Waals surface area contributed by atoms with Crippen molar-refractivity contribution in [3.8, 4) is 0 Å². The van der Waals surface area contributed by atoms with E-state index < -0.39 is 0 Å². The maximum absolute atomic E-state index is 12.0. The quantitative estimate of drug-likeness (QED) is 0.746. The molecule has 0 saturated carbocycles. The molecule has 3 rings (SSSR count). The summed E-state index contributed by atoms with van der Waals surface area (Å²) < 4.78 is 3.16. The number of hydrogen-bond donors (Lipinski definition) is 0. The highest BCUT2D eigenvalue weighted by molar-refractivity contribution is 5.76. The minimum atomic E-state index is -0.163. The largest absolute Gasteiger partial charge is 0.337 e. The van der Waals surface area contributed by atoms with Gasteiger partial charge in [0, 0.05) is 31.5 Å². The molecular formula is C12H13N5O2. The lowest BCUT2D eigenvalue weighted by Crippen LogP contribution is -2.52. The Bertz CT molecular complexity index is 628. The lowest BCUT2D eigenvalue weighted by molar-refractivity contribution is -0.137. The summed E-state index contributed by atoms with van der Waals surface area (Å²) in [6.45, 7) is 1.32. The Balaban J connectivity index is 1.59. The number of carbonyl (C=O) groups is 1. The zero-order valence-electron chi connectivity index (χ0n) is 10.2. The van der Waals surface area contributed by atoms with Crippen LogP contribution in [0.2, 0.25) is 0 Å². The van der Waals surface area contributed by atoms with Gasteiger partial charge in [-0.15, -0.1) is 5.10 Å². The van der Waals surface area contributed by atoms with Crippen LogP contribution in [0.3, 0.4) is 0 Å². The predicted octanol–water partition coefficient (Wildman–Crippen LogP) is -0.477. The van der Waals surface area contributed by atoms with Gasteiger partial charge in [0.05, 0.1) is 12.2 Å². The van der Waals surface area contributed by atoms with Crippen LogP contribution >= 0.6 is 0 Å². The van der Waals surface area contributed by atoms with Crippen LogP contribution in [-0.2, 0) is 11.3 Å². The van der Waals surface area contributed by atoms with E-state index >= 15 is 0 Å². The summed E-state index contributed by atoms with van der Waals surface area (Å²) in [6.07, 6.45) is 5.02. The topological polar surface area (TPSA) is 73.0 Å². The molecule has 0 radical (unpaired) electrons. The molecule has 0 spiro atoms. The highest BCUT2D eigenvalue weighted by atomic mass is 16.2. The van der Waals surface area contributed by atoms with Gasteiger partial charge in [-0.2, -0.15) is 0 Å². The first kappa shape index (κ1) is 11.6. The van der Waals surface area contributed by atoms with Crippen molar-refractivity contribution in [2.75, 3.05) is 13.1 Å². The monoisotopic (exact) mass is 259 g/mol. The standard InChI is InChI=1S/C12H13N5O2/c18-11-3-1-2-5-15(11)9-12(19)16-7-10(8-16)17-6-4-13-14-17/h1-6,10H,7-9H2. The number of likely N-dealkylation sites (tertiary alicyclic amines) is 1. The van der Waals surface area contributed by atoms with Crippen molar-refractivity contribution in [2.24, 2.45) is 0 Å². The summed E-state index contributed by atoms with van der Waals surface area (Å²) in [5.74, 6) is -0.0512. The SMILES string of the molecule is O=C(Cn1ccccc1=O)N1CC(n2ccnn2)C1. The van der Waals surface area contributed by atoms with E-state index in [1.807, 2.05) is 0 Å². The van der Waals surface area contributed by atoms with Crippen molar-refractivity contribution in [3.05, 3.63) is 47.1 Å². The average molecular weight is 259 g/mol. The maximum atomic E-state index is 12.0. The van der Waals surface area contributed by atoms with Gasteiger partial charge >= 0.3 is 0 Å². The predicted molar refractivity (Wildman–Crippen MR) is 66.3 cm³/mol. The summed E-state index contributed by atoms with van der Waals surface area (Å²) in [6, 6.07) is 5.04. The van der Waals surface area contributed by atoms with Gasteiger partial charge in [0.25, 0.3) is 5.56 Å². The fraction of sp³-hybridized carbons (Fsp3) is 0.333. The lowest BCUT2D eigenvalue weighted by atomic mass is 10.1. The molecule has 0 unspecified atom stereocenters. The third-order valence-electron chi connectivity index (χ3n) is 3.23. The van der Waals surface area contributed by atoms with Gasteiger partial charge < -0.3 is 9.47 Å². The van der Waals surface area contributed by atoms with E-state index in [2.05, 4.69) is 10.3 Å². The van der Waals surface area contributed by atoms with Gasteiger partial charge in [-0.25, -0.2) is 4.68 Å². The molecule has 19 heavy (non-hydrogen) atoms. The number of rotatable bonds is 3. The molecule has 98 valence electrons. The Hall–Kier alpha value is -2.44. The van der Waals surface area contributed by atoms with Crippen molar-refractivity contribution in [1.82, 2.24) is 24.5 Å². The molecule has 1 saturated heterocycles. The molecule has 7 heteroatoms. The maximum Gasteiger partial charge on any atom is 0.250 e. The summed E-state index contributed by atoms with van der Waals surface area (Å²) >= 11 is 0. The van der Waals surface area contributed by atoms with E-state index in [0.717, 1.165) is 0 Å². The Kier molecular flexibility index (Phi) is 2.86. The van der Waals surface area contributed by atoms with Crippen LogP contribution in [0.25, 0.3) is 0 Å². The zero-order chi connectivity index (χ0) is 13.2. The molecule has 0 N–H and O–H groups in total. The first-order valence-corrected chi connectivity index (χ1v) is 6.03. The molecule has 2 aromatic rings. The van der Waals surface area contributed by atoms with Crippen molar-refractivity contribution >= 4 is 5.91 Å². The Morgan fingerprint density at radius 3 is 2.84 bits per heavy atom. The molecule has 7 nitrogen and oxygen atoms in total. The van der Waals surface area contributed by atoms with E-state index in [0.29, 0.717) is 13.1 Å². The van der Waals surface area contributed by atoms with Crippen LogP contribution in [0.1, 0.15) is 6.04 Å². The van der Waals surface area contributed by atoms with Crippen molar-refractivity contribution < 1.29 is 4.79 Å². The molecule has 0 bridgehead atoms. The summed E-state index contributed by atoms with van der Waals surface area (Å²) in [4.78, 5) is 25.2. The Labute approximate surface area is 109 Å². The van der Waals surface area contributed by atoms with Crippen LogP contribution < -0.4 is 5.56 Å². The van der Waals surface area contributed by atoms with Gasteiger partial charge in [-0.05, 0) is 6.07 Å². The van der Waals surface area contributed by atoms with Crippen molar-refractivity contribution in [1.29, 1.82) is 0 Å². The summed E-state index contributed by atoms with van der Waals surface area (Å²) in [5, 5.41) is 7.64. The molecule has 2 aromatic heterocycles. The van der Waals surface area contributed by atoms with Crippen LogP contribution in [0.5, 0.6) is 0 Å². The van der Waals surface area contributed by atoms with Gasteiger partial charge in [0.15, 0.2) is 0 Å². The molecule has 1 aliphatic rings. The first-order chi connectivity index (χ1) is 9.24. The minimum absolute atomic E-state index is 0.0512. The third kappa shape index (κ3) is 2.26. The summed E-state index contributed by atoms with van der Waals surface area (Å²) in [5.41, 5.74) is -0.163. The average Bonchev–Trinajstić information content (AvgIpc) is 2.84. The number of pyridine rings is 1. The second kappa shape index (κ2) is 4.68. The molecule has 3 heterocycles. The molecule has 0 aromatic carbocycles. The molecule has 1 fully saturated rings. The van der Waals surface area contributed by atoms with Crippen LogP contribution in [0.4, 0.5) is 0 Å². The fourth-order valence-corrected chi connectivity index (χ4v) is 2.08. The van der Waals surface area contributed by atoms with Gasteiger partial charge in [0.2, 0.25) is 5.91 Å². The third-order valence-corrected chi connectivity index (χ3v) is 3.23. The zero-order valence-corrected chi connectivity index (χ0v) is 10.2. The molecule has 0 aliphatic carbocycles. The number of aromatic nitrogens is 4. The second-order valence-corrected chi connectivity index (χ2v) is 4.50. The van der Waals surface area contributed by atoms with Crippen LogP contribution in [-0.4, -0.2) is 43.5 Å². The molecule has 1 amide bonds. The van der Waals surface area contributed by atoms with Gasteiger partial charge in [-0.3, -0.25) is 9.59 Å². The van der Waals surface area contributed by atoms with Crippen LogP contribution in [0.15, 0.2) is 41.6 Å². The van der Waals surface area contributed by atoms with E-state index in [4.69, 9.17) is 0 Å². The number of carbonyl (C=O) groups excluding carboxylic acids is 1. The van der Waals surface area contributed by atoms with Crippen molar-refractivity contribution in [2.45, 2.75) is 12.6 Å². The Morgan fingerprint density at radius 2 is 2.16 bits per heavy atom. The normalized spacial score (nSPS) is 15.3. The fourth-order valence-electron chi connectivity index (χ4n) is 2.08. The Morgan fingerprint density at radius 1 is 1.32 bits per heavy atom. The van der Waals surface area contributed by atoms with E-state index in [1.54, 1.807) is 40.3 Å². The molecule has 1 aliphatic heterocycles. The van der Waals surface area contributed by atoms with Crippen molar-refractivity contribution in [3.63, 3.8) is 0 Å². The van der Waals surface area contributed by atoms with E-state index in [-0.39, 0.29) is 24.1 Å². The highest BCUT2D eigenvalue weighted by Gasteiger charge is 2.32. The smallest absolute Gasteiger partial charge is 0.250 e. The molecular weight excluding hydrogens is 246 g/mol. The van der Waals surface area contributed by atoms with E-state index in [1.165, 1.54) is 10.6 Å². The van der Waals surface area contributed by atoms with Crippen LogP contribution in [0, 0.1) is 0 Å². The minimum Gasteiger partial charge on any atom is -0.337 e. The number of nitrogens with zero attached hydrogens (tertiary/aromatic N) is 5. The van der Waals surface area contributed by atoms with E-state index in [9.17, 15) is 9.59 Å².